The van der Waals surface area contributed by atoms with Gasteiger partial charge in [0.25, 0.3) is 0 Å². The number of rotatable bonds is 17. The molecule has 3 saturated heterocycles. The number of carbonyl (C=O) groups excluding carboxylic acids is 7. The van der Waals surface area contributed by atoms with Crippen molar-refractivity contribution >= 4 is 41.7 Å². The molecule has 11 N–H and O–H groups in total. The standard InChI is InChI=1S/C59H77NO27/c1-26-30(22-59(77)49(85-50(74)29-17-13-10-14-18-29)47-57(8,48(73)40(68)37(26)56(59,6)7)33(64)21-34-58(47,25-78-34)86-27(2)63)79-51(75)46(38(28-15-11-9-12-16-28)60-54(76)87-55(3,4)5)82-35(65)19-20-36(66)83-52-44(72)42(70)45(32(24-62)81-52)84-53-43(71)41(69)39(67)31(23-61)80-53/h9-18,30-34,38-47,49,52-53,61-62,64,67-72,77H,19-25H2,1-8H3,(H,60,76)/t30-,31?,32?,33-,34+,38-,39?,40+,41?,42?,43?,44?,45?,46?,47-,49-,52?,53?,57+,58-,59+/m0/s1. The number of alkyl carbamates (subject to hydrolysis) is 1. The molecule has 28 heteroatoms. The Hall–Kier alpha value is -6.09. The molecule has 6 aliphatic rings. The minimum absolute atomic E-state index is 0.0180. The largest absolute Gasteiger partial charge is 0.455 e. The molecular weight excluding hydrogens is 1150 g/mol. The van der Waals surface area contributed by atoms with Gasteiger partial charge < -0.3 is 104 Å². The molecule has 2 aromatic rings. The number of carbonyl (C=O) groups is 7. The summed E-state index contributed by atoms with van der Waals surface area (Å²) in [6.07, 6.45) is -33.5. The van der Waals surface area contributed by atoms with Gasteiger partial charge in [-0.05, 0) is 63.5 Å². The number of benzene rings is 2. The summed E-state index contributed by atoms with van der Waals surface area (Å²) in [6, 6.07) is 13.4. The van der Waals surface area contributed by atoms with Crippen LogP contribution in [-0.2, 0) is 71.3 Å². The van der Waals surface area contributed by atoms with Gasteiger partial charge in [-0.2, -0.15) is 0 Å². The fourth-order valence-electron chi connectivity index (χ4n) is 12.9. The number of hydrogen-bond donors (Lipinski definition) is 11. The van der Waals surface area contributed by atoms with Crippen LogP contribution < -0.4 is 5.32 Å². The van der Waals surface area contributed by atoms with E-state index in [1.54, 1.807) is 32.9 Å². The number of nitrogens with one attached hydrogen (secondary N) is 1. The van der Waals surface area contributed by atoms with E-state index < -0.39 is 218 Å². The van der Waals surface area contributed by atoms with Crippen LogP contribution in [0.1, 0.15) is 103 Å². The SMILES string of the molecule is CC(=O)O[C@@]12CO[C@@H]1C[C@H](O)[C@@]1(C)C(=O)[C@H](O)C3=C(C)[C@@H](OC(=O)C(OC(=O)CCC(=O)OC4OC(CO)C(OC5OC(CO)C(O)C(O)C5O)C(O)C4O)[C@@H](NC(=O)OC(C)(C)C)c4ccccc4)C[C@@](O)([C@@H](OC(=O)c4ccccc4)[C@H]21)C3(C)C. The first-order chi connectivity index (χ1) is 40.8. The third-order valence-electron chi connectivity index (χ3n) is 17.5. The molecule has 5 fully saturated rings. The van der Waals surface area contributed by atoms with E-state index in [1.165, 1.54) is 76.2 Å². The van der Waals surface area contributed by atoms with Crippen molar-refractivity contribution in [1.82, 2.24) is 5.32 Å². The molecule has 0 radical (unpaired) electrons. The molecular formula is C59H77NO27. The van der Waals surface area contributed by atoms with Crippen molar-refractivity contribution in [1.29, 1.82) is 0 Å². The van der Waals surface area contributed by atoms with Crippen LogP contribution in [0.15, 0.2) is 71.8 Å². The number of ether oxygens (including phenoxy) is 10. The molecule has 0 aromatic heterocycles. The highest BCUT2D eigenvalue weighted by Gasteiger charge is 2.78. The second-order valence-electron chi connectivity index (χ2n) is 24.5. The molecule has 3 heterocycles. The lowest BCUT2D eigenvalue weighted by molar-refractivity contribution is -0.355. The van der Waals surface area contributed by atoms with Crippen molar-refractivity contribution in [3.8, 4) is 0 Å². The highest BCUT2D eigenvalue weighted by molar-refractivity contribution is 5.94. The Kier molecular flexibility index (Phi) is 19.8. The molecule has 2 aromatic carbocycles. The lowest BCUT2D eigenvalue weighted by Crippen LogP contribution is -2.81. The number of aliphatic hydroxyl groups excluding tert-OH is 9. The van der Waals surface area contributed by atoms with Crippen LogP contribution >= 0.6 is 0 Å². The van der Waals surface area contributed by atoms with E-state index >= 15 is 9.59 Å². The molecule has 87 heavy (non-hydrogen) atoms. The molecule has 0 spiro atoms. The first kappa shape index (κ1) is 66.9. The van der Waals surface area contributed by atoms with Gasteiger partial charge >= 0.3 is 35.9 Å². The van der Waals surface area contributed by atoms with Crippen LogP contribution in [0.5, 0.6) is 0 Å². The Labute approximate surface area is 499 Å². The lowest BCUT2D eigenvalue weighted by atomic mass is 9.44. The third kappa shape index (κ3) is 12.8. The Balaban J connectivity index is 1.11. The second-order valence-corrected chi connectivity index (χ2v) is 24.5. The molecule has 2 bridgehead atoms. The van der Waals surface area contributed by atoms with Gasteiger partial charge in [-0.25, -0.2) is 14.4 Å². The van der Waals surface area contributed by atoms with E-state index in [4.69, 9.17) is 47.4 Å². The van der Waals surface area contributed by atoms with Gasteiger partial charge in [0.1, 0.15) is 90.5 Å². The average molecular weight is 1230 g/mol. The summed E-state index contributed by atoms with van der Waals surface area (Å²) in [7, 11) is 0. The number of ketones is 1. The predicted molar refractivity (Wildman–Crippen MR) is 289 cm³/mol. The van der Waals surface area contributed by atoms with Gasteiger partial charge in [0, 0.05) is 25.2 Å². The van der Waals surface area contributed by atoms with Crippen LogP contribution in [0, 0.1) is 16.7 Å². The molecule has 2 saturated carbocycles. The third-order valence-corrected chi connectivity index (χ3v) is 17.5. The zero-order chi connectivity index (χ0) is 64.0. The zero-order valence-electron chi connectivity index (χ0n) is 49.0. The lowest BCUT2D eigenvalue weighted by Gasteiger charge is -2.67. The Bertz CT molecular complexity index is 2900. The number of fused-ring (bicyclic) bond motifs is 5. The topological polar surface area (TPSA) is 426 Å². The van der Waals surface area contributed by atoms with Crippen molar-refractivity contribution in [3.05, 3.63) is 82.9 Å². The first-order valence-electron chi connectivity index (χ1n) is 28.4. The Morgan fingerprint density at radius 1 is 0.759 bits per heavy atom. The smallest absolute Gasteiger partial charge is 0.408 e. The quantitative estimate of drug-likeness (QED) is 0.0501. The van der Waals surface area contributed by atoms with Crippen LogP contribution in [-0.4, -0.2) is 227 Å². The minimum Gasteiger partial charge on any atom is -0.455 e. The van der Waals surface area contributed by atoms with Crippen LogP contribution in [0.2, 0.25) is 0 Å². The summed E-state index contributed by atoms with van der Waals surface area (Å²) < 4.78 is 57.6. The maximum atomic E-state index is 15.3. The highest BCUT2D eigenvalue weighted by Crippen LogP contribution is 2.64. The number of hydrogen-bond acceptors (Lipinski definition) is 27. The molecule has 11 unspecified atom stereocenters. The number of Topliss-reactive ketones (excluding diaryl/α,β-unsaturated/α-hetero) is 1. The molecule has 3 aliphatic heterocycles. The van der Waals surface area contributed by atoms with E-state index in [2.05, 4.69) is 5.32 Å². The number of amides is 1. The molecule has 3 aliphatic carbocycles. The van der Waals surface area contributed by atoms with Crippen molar-refractivity contribution in [2.45, 2.75) is 202 Å². The van der Waals surface area contributed by atoms with E-state index in [9.17, 15) is 75.0 Å². The zero-order valence-corrected chi connectivity index (χ0v) is 49.0. The van der Waals surface area contributed by atoms with Crippen LogP contribution in [0.4, 0.5) is 4.79 Å². The fraction of sp³-hybridized carbons (Fsp3) is 0.644. The van der Waals surface area contributed by atoms with Crippen molar-refractivity contribution in [3.63, 3.8) is 0 Å². The molecule has 28 nitrogen and oxygen atoms in total. The van der Waals surface area contributed by atoms with Crippen molar-refractivity contribution in [2.24, 2.45) is 16.7 Å². The van der Waals surface area contributed by atoms with Gasteiger partial charge in [0.15, 0.2) is 17.7 Å². The summed E-state index contributed by atoms with van der Waals surface area (Å²) in [6.45, 7) is 9.14. The number of esters is 5. The minimum atomic E-state index is -2.57. The average Bonchev–Trinajstić information content (AvgIpc) is 0.674. The molecule has 1 amide bonds. The molecule has 8 rings (SSSR count). The normalized spacial score (nSPS) is 37.0. The predicted octanol–water partition coefficient (Wildman–Crippen LogP) is -1.24. The Morgan fingerprint density at radius 3 is 1.94 bits per heavy atom. The summed E-state index contributed by atoms with van der Waals surface area (Å²) in [4.78, 5) is 99.5. The Morgan fingerprint density at radius 2 is 1.36 bits per heavy atom. The van der Waals surface area contributed by atoms with Crippen LogP contribution in [0.3, 0.4) is 0 Å². The van der Waals surface area contributed by atoms with E-state index in [-0.39, 0.29) is 28.7 Å². The van der Waals surface area contributed by atoms with E-state index in [1.807, 2.05) is 0 Å². The maximum Gasteiger partial charge on any atom is 0.408 e. The van der Waals surface area contributed by atoms with Crippen molar-refractivity contribution < 1.29 is 132 Å². The second kappa shape index (κ2) is 25.8. The van der Waals surface area contributed by atoms with Gasteiger partial charge in [-0.1, -0.05) is 62.4 Å². The van der Waals surface area contributed by atoms with E-state index in [0.717, 1.165) is 6.92 Å². The molecule has 480 valence electrons. The fourth-order valence-corrected chi connectivity index (χ4v) is 12.9. The summed E-state index contributed by atoms with van der Waals surface area (Å²) in [5.74, 6) is -8.67. The van der Waals surface area contributed by atoms with Gasteiger partial charge in [-0.3, -0.25) is 19.2 Å². The summed E-state index contributed by atoms with van der Waals surface area (Å²) in [5, 5.41) is 114. The van der Waals surface area contributed by atoms with Gasteiger partial charge in [0.05, 0.1) is 55.7 Å². The monoisotopic (exact) mass is 1230 g/mol. The highest BCUT2D eigenvalue weighted by atomic mass is 16.8. The van der Waals surface area contributed by atoms with Gasteiger partial charge in [0.2, 0.25) is 12.4 Å². The molecule has 21 atom stereocenters. The van der Waals surface area contributed by atoms with Gasteiger partial charge in [-0.15, -0.1) is 0 Å². The summed E-state index contributed by atoms with van der Waals surface area (Å²) >= 11 is 0. The summed E-state index contributed by atoms with van der Waals surface area (Å²) in [5.41, 5.74) is -9.72. The van der Waals surface area contributed by atoms with Crippen molar-refractivity contribution in [2.75, 3.05) is 19.8 Å². The first-order valence-corrected chi connectivity index (χ1v) is 28.4. The van der Waals surface area contributed by atoms with E-state index in [0.29, 0.717) is 0 Å². The number of aliphatic hydroxyl groups is 10. The maximum absolute atomic E-state index is 15.3. The van der Waals surface area contributed by atoms with Crippen LogP contribution in [0.25, 0.3) is 0 Å².